The summed E-state index contributed by atoms with van der Waals surface area (Å²) in [6, 6.07) is 14.1. The van der Waals surface area contributed by atoms with Gasteiger partial charge in [-0.3, -0.25) is 14.2 Å². The van der Waals surface area contributed by atoms with Crippen LogP contribution >= 0.6 is 23.1 Å². The van der Waals surface area contributed by atoms with E-state index in [4.69, 9.17) is 4.98 Å². The molecule has 37 heavy (non-hydrogen) atoms. The Bertz CT molecular complexity index is 1520. The van der Waals surface area contributed by atoms with Crippen LogP contribution in [-0.2, 0) is 23.1 Å². The van der Waals surface area contributed by atoms with E-state index < -0.39 is 0 Å². The molecule has 192 valence electrons. The molecule has 0 unspecified atom stereocenters. The summed E-state index contributed by atoms with van der Waals surface area (Å²) < 4.78 is 1.71. The van der Waals surface area contributed by atoms with E-state index in [1.165, 1.54) is 27.8 Å². The van der Waals surface area contributed by atoms with Gasteiger partial charge in [0.1, 0.15) is 4.83 Å². The molecule has 1 aliphatic rings. The standard InChI is InChI=1S/C30H33N3O2S2/c1-18-14-19(2)16-22(15-18)33-28(35)26-23-8-6-7-9-24(23)37-27(26)32-29(33)36-17-25(34)31-21-12-10-20(11-13-21)30(3,4)5/h10-16H,6-9,17H2,1-5H3,(H,31,34). The lowest BCUT2D eigenvalue weighted by Gasteiger charge is -2.19. The van der Waals surface area contributed by atoms with Gasteiger partial charge in [0.05, 0.1) is 16.8 Å². The van der Waals surface area contributed by atoms with Crippen molar-refractivity contribution in [2.45, 2.75) is 70.9 Å². The van der Waals surface area contributed by atoms with Crippen LogP contribution in [0, 0.1) is 13.8 Å². The molecule has 2 aromatic carbocycles. The Balaban J connectivity index is 1.47. The molecule has 0 spiro atoms. The van der Waals surface area contributed by atoms with Gasteiger partial charge < -0.3 is 5.32 Å². The monoisotopic (exact) mass is 531 g/mol. The van der Waals surface area contributed by atoms with E-state index in [0.717, 1.165) is 58.4 Å². The molecular weight excluding hydrogens is 498 g/mol. The molecule has 2 heterocycles. The van der Waals surface area contributed by atoms with Gasteiger partial charge in [0.2, 0.25) is 5.91 Å². The lowest BCUT2D eigenvalue weighted by Crippen LogP contribution is -2.23. The number of thiophene rings is 1. The summed E-state index contributed by atoms with van der Waals surface area (Å²) in [6.07, 6.45) is 4.21. The van der Waals surface area contributed by atoms with Gasteiger partial charge >= 0.3 is 0 Å². The second kappa shape index (κ2) is 10.1. The number of thioether (sulfide) groups is 1. The molecule has 1 amide bonds. The molecule has 0 fully saturated rings. The van der Waals surface area contributed by atoms with Crippen LogP contribution in [0.25, 0.3) is 15.9 Å². The minimum absolute atomic E-state index is 0.0323. The average Bonchev–Trinajstić information content (AvgIpc) is 3.20. The molecule has 0 saturated heterocycles. The number of hydrogen-bond donors (Lipinski definition) is 1. The molecule has 0 saturated carbocycles. The number of aromatic nitrogens is 2. The van der Waals surface area contributed by atoms with Crippen molar-refractivity contribution in [2.24, 2.45) is 0 Å². The average molecular weight is 532 g/mol. The molecule has 5 nitrogen and oxygen atoms in total. The Morgan fingerprint density at radius 1 is 1.05 bits per heavy atom. The molecule has 1 aliphatic carbocycles. The van der Waals surface area contributed by atoms with Crippen LogP contribution in [0.4, 0.5) is 5.69 Å². The summed E-state index contributed by atoms with van der Waals surface area (Å²) in [7, 11) is 0. The van der Waals surface area contributed by atoms with E-state index in [-0.39, 0.29) is 22.6 Å². The summed E-state index contributed by atoms with van der Waals surface area (Å²) in [4.78, 5) is 33.9. The van der Waals surface area contributed by atoms with Crippen molar-refractivity contribution in [2.75, 3.05) is 11.1 Å². The fourth-order valence-electron chi connectivity index (χ4n) is 4.97. The third kappa shape index (κ3) is 5.39. The van der Waals surface area contributed by atoms with Gasteiger partial charge in [-0.2, -0.15) is 0 Å². The SMILES string of the molecule is Cc1cc(C)cc(-n2c(SCC(=O)Nc3ccc(C(C)(C)C)cc3)nc3sc4c(c3c2=O)CCCC4)c1. The Hall–Kier alpha value is -2.90. The topological polar surface area (TPSA) is 64.0 Å². The first-order valence-corrected chi connectivity index (χ1v) is 14.6. The predicted molar refractivity (Wildman–Crippen MR) is 156 cm³/mol. The maximum absolute atomic E-state index is 14.0. The summed E-state index contributed by atoms with van der Waals surface area (Å²) in [5.41, 5.74) is 6.15. The Kier molecular flexibility index (Phi) is 7.03. The van der Waals surface area contributed by atoms with E-state index in [1.807, 2.05) is 38.1 Å². The summed E-state index contributed by atoms with van der Waals surface area (Å²) in [6.45, 7) is 10.6. The van der Waals surface area contributed by atoms with Crippen LogP contribution in [0.1, 0.15) is 60.7 Å². The van der Waals surface area contributed by atoms with E-state index in [9.17, 15) is 9.59 Å². The van der Waals surface area contributed by atoms with E-state index in [0.29, 0.717) is 5.16 Å². The number of rotatable bonds is 5. The number of nitrogens with zero attached hydrogens (tertiary/aromatic N) is 2. The maximum Gasteiger partial charge on any atom is 0.267 e. The van der Waals surface area contributed by atoms with E-state index in [1.54, 1.807) is 15.9 Å². The first-order valence-electron chi connectivity index (χ1n) is 12.8. The number of aryl methyl sites for hydroxylation is 4. The molecule has 7 heteroatoms. The van der Waals surface area contributed by atoms with Crippen molar-refractivity contribution in [1.82, 2.24) is 9.55 Å². The van der Waals surface area contributed by atoms with Crippen molar-refractivity contribution in [3.63, 3.8) is 0 Å². The predicted octanol–water partition coefficient (Wildman–Crippen LogP) is 6.97. The van der Waals surface area contributed by atoms with Gasteiger partial charge in [-0.25, -0.2) is 4.98 Å². The number of anilines is 1. The maximum atomic E-state index is 14.0. The van der Waals surface area contributed by atoms with Crippen molar-refractivity contribution >= 4 is 44.9 Å². The van der Waals surface area contributed by atoms with Crippen molar-refractivity contribution in [3.8, 4) is 5.69 Å². The highest BCUT2D eigenvalue weighted by Crippen LogP contribution is 2.35. The summed E-state index contributed by atoms with van der Waals surface area (Å²) in [5, 5.41) is 4.30. The molecule has 0 radical (unpaired) electrons. The van der Waals surface area contributed by atoms with Crippen LogP contribution in [0.15, 0.2) is 52.4 Å². The molecule has 0 atom stereocenters. The Morgan fingerprint density at radius 3 is 2.41 bits per heavy atom. The van der Waals surface area contributed by atoms with Gasteiger partial charge in [-0.15, -0.1) is 11.3 Å². The number of fused-ring (bicyclic) bond motifs is 3. The highest BCUT2D eigenvalue weighted by Gasteiger charge is 2.23. The van der Waals surface area contributed by atoms with Gasteiger partial charge in [-0.1, -0.05) is 50.7 Å². The van der Waals surface area contributed by atoms with Crippen molar-refractivity contribution < 1.29 is 4.79 Å². The zero-order valence-electron chi connectivity index (χ0n) is 22.1. The van der Waals surface area contributed by atoms with Crippen LogP contribution in [0.5, 0.6) is 0 Å². The Labute approximate surface area is 226 Å². The second-order valence-corrected chi connectivity index (χ2v) is 13.0. The lowest BCUT2D eigenvalue weighted by molar-refractivity contribution is -0.113. The smallest absolute Gasteiger partial charge is 0.267 e. The number of nitrogens with one attached hydrogen (secondary N) is 1. The number of hydrogen-bond acceptors (Lipinski definition) is 5. The summed E-state index contributed by atoms with van der Waals surface area (Å²) >= 11 is 2.95. The van der Waals surface area contributed by atoms with Crippen LogP contribution < -0.4 is 10.9 Å². The second-order valence-electron chi connectivity index (χ2n) is 10.9. The normalized spacial score (nSPS) is 13.5. The lowest BCUT2D eigenvalue weighted by atomic mass is 9.87. The highest BCUT2D eigenvalue weighted by atomic mass is 32.2. The van der Waals surface area contributed by atoms with Crippen molar-refractivity contribution in [1.29, 1.82) is 0 Å². The third-order valence-corrected chi connectivity index (χ3v) is 8.91. The quantitative estimate of drug-likeness (QED) is 0.223. The first-order chi connectivity index (χ1) is 17.6. The minimum Gasteiger partial charge on any atom is -0.325 e. The molecular formula is C30H33N3O2S2. The molecule has 0 bridgehead atoms. The van der Waals surface area contributed by atoms with Crippen LogP contribution in [0.2, 0.25) is 0 Å². The van der Waals surface area contributed by atoms with Crippen molar-refractivity contribution in [3.05, 3.63) is 79.9 Å². The zero-order chi connectivity index (χ0) is 26.3. The highest BCUT2D eigenvalue weighted by molar-refractivity contribution is 7.99. The van der Waals surface area contributed by atoms with Crippen LogP contribution in [-0.4, -0.2) is 21.2 Å². The minimum atomic E-state index is -0.125. The largest absolute Gasteiger partial charge is 0.325 e. The molecule has 0 aliphatic heterocycles. The molecule has 5 rings (SSSR count). The van der Waals surface area contributed by atoms with E-state index >= 15 is 0 Å². The third-order valence-electron chi connectivity index (χ3n) is 6.79. The zero-order valence-corrected chi connectivity index (χ0v) is 23.7. The van der Waals surface area contributed by atoms with E-state index in [2.05, 4.69) is 44.3 Å². The first kappa shape index (κ1) is 25.7. The number of carbonyl (C=O) groups excluding carboxylic acids is 1. The molecule has 2 aromatic heterocycles. The number of carbonyl (C=O) groups is 1. The fourth-order valence-corrected chi connectivity index (χ4v) is 7.09. The molecule has 1 N–H and O–H groups in total. The number of benzene rings is 2. The van der Waals surface area contributed by atoms with Gasteiger partial charge in [0, 0.05) is 10.6 Å². The molecule has 4 aromatic rings. The Morgan fingerprint density at radius 2 is 1.73 bits per heavy atom. The van der Waals surface area contributed by atoms with Gasteiger partial charge in [-0.05, 0) is 91.5 Å². The van der Waals surface area contributed by atoms with Gasteiger partial charge in [0.25, 0.3) is 5.56 Å². The number of amides is 1. The van der Waals surface area contributed by atoms with Gasteiger partial charge in [0.15, 0.2) is 5.16 Å². The summed E-state index contributed by atoms with van der Waals surface area (Å²) in [5.74, 6) is 0.0368. The fraction of sp³-hybridized carbons (Fsp3) is 0.367. The van der Waals surface area contributed by atoms with Crippen LogP contribution in [0.3, 0.4) is 0 Å².